The Morgan fingerprint density at radius 1 is 0.862 bits per heavy atom. The molecule has 2 fully saturated rings. The summed E-state index contributed by atoms with van der Waals surface area (Å²) in [6.45, 7) is 1.98. The molecule has 24 heteroatoms. The highest BCUT2D eigenvalue weighted by molar-refractivity contribution is 7.48. The van der Waals surface area contributed by atoms with Crippen molar-refractivity contribution in [2.45, 2.75) is 68.8 Å². The molecule has 3 N–H and O–H groups in total. The molecule has 0 bridgehead atoms. The summed E-state index contributed by atoms with van der Waals surface area (Å²) < 4.78 is 86.4. The van der Waals surface area contributed by atoms with Gasteiger partial charge in [-0.3, -0.25) is 32.3 Å². The number of amides is 2. The van der Waals surface area contributed by atoms with Gasteiger partial charge in [0.1, 0.15) is 30.8 Å². The predicted molar refractivity (Wildman–Crippen MR) is 219 cm³/mol. The number of phosphoric ester groups is 1. The maximum absolute atomic E-state index is 15.5. The third-order valence-electron chi connectivity index (χ3n) is 9.55. The molecule has 4 aromatic rings. The number of benzene rings is 2. The summed E-state index contributed by atoms with van der Waals surface area (Å²) in [5.74, 6) is -5.00. The van der Waals surface area contributed by atoms with Gasteiger partial charge in [-0.25, -0.2) is 22.9 Å². The monoisotopic (exact) mass is 922 g/mol. The standard InChI is InChI=1S/C41H41F2N8O13P/c1-2-17-60-65(57,61-19-10-16-45)64-30-21-33(51-23-28(43)36(49-41(51)56)47-38(54)26-13-7-4-8-14-26)62-31(30)24-59-39(58-18-9-15-44)34-29(52)20-32(63-34)50-22-27(42)35(48-40(50)55)46-37(53)25-11-5-3-6-12-25/h2-8,11-14,22-23,29-34,39,52H,1,9-10,17-21,24H2,(H,46,48,53,55)(H,47,49,54,56)/t29-,30-,31+,32+,33+,34-,39?,65?/m0/s1. The first-order valence-electron chi connectivity index (χ1n) is 19.8. The number of phosphoric acid groups is 1. The second kappa shape index (κ2) is 22.5. The highest BCUT2D eigenvalue weighted by Gasteiger charge is 2.46. The van der Waals surface area contributed by atoms with Gasteiger partial charge in [0.25, 0.3) is 11.8 Å². The number of hydrogen-bond acceptors (Lipinski definition) is 17. The molecule has 4 heterocycles. The number of carbonyl (C=O) groups excluding carboxylic acids is 2. The Labute approximate surface area is 368 Å². The highest BCUT2D eigenvalue weighted by atomic mass is 31.2. The summed E-state index contributed by atoms with van der Waals surface area (Å²) in [7, 11) is -4.53. The second-order valence-electron chi connectivity index (χ2n) is 14.0. The van der Waals surface area contributed by atoms with E-state index in [1.54, 1.807) is 36.4 Å². The zero-order valence-electron chi connectivity index (χ0n) is 34.1. The van der Waals surface area contributed by atoms with Crippen LogP contribution in [0, 0.1) is 34.3 Å². The number of nitriles is 2. The molecule has 2 unspecified atom stereocenters. The van der Waals surface area contributed by atoms with Gasteiger partial charge < -0.3 is 34.7 Å². The molecule has 2 aliphatic rings. The summed E-state index contributed by atoms with van der Waals surface area (Å²) in [5, 5.41) is 33.9. The third-order valence-corrected chi connectivity index (χ3v) is 11.0. The minimum atomic E-state index is -4.53. The lowest BCUT2D eigenvalue weighted by Crippen LogP contribution is -2.41. The van der Waals surface area contributed by atoms with Gasteiger partial charge in [0.2, 0.25) is 0 Å². The van der Waals surface area contributed by atoms with E-state index in [1.807, 2.05) is 12.1 Å². The predicted octanol–water partition coefficient (Wildman–Crippen LogP) is 4.12. The van der Waals surface area contributed by atoms with Crippen LogP contribution in [0.2, 0.25) is 0 Å². The van der Waals surface area contributed by atoms with E-state index in [9.17, 15) is 34.1 Å². The van der Waals surface area contributed by atoms with Crippen LogP contribution in [0.3, 0.4) is 0 Å². The molecular weight excluding hydrogens is 881 g/mol. The van der Waals surface area contributed by atoms with Crippen LogP contribution in [-0.2, 0) is 37.1 Å². The Morgan fingerprint density at radius 2 is 1.40 bits per heavy atom. The number of aromatic nitrogens is 4. The minimum Gasteiger partial charge on any atom is -0.390 e. The highest BCUT2D eigenvalue weighted by Crippen LogP contribution is 2.53. The lowest BCUT2D eigenvalue weighted by Gasteiger charge is -2.28. The smallest absolute Gasteiger partial charge is 0.390 e. The van der Waals surface area contributed by atoms with E-state index >= 15 is 8.78 Å². The van der Waals surface area contributed by atoms with Crippen molar-refractivity contribution in [2.75, 3.05) is 37.1 Å². The van der Waals surface area contributed by atoms with Gasteiger partial charge in [-0.15, -0.1) is 6.58 Å². The number of rotatable bonds is 21. The first-order chi connectivity index (χ1) is 31.3. The van der Waals surface area contributed by atoms with E-state index in [1.165, 1.54) is 30.3 Å². The van der Waals surface area contributed by atoms with E-state index < -0.39 is 104 Å². The van der Waals surface area contributed by atoms with Crippen LogP contribution < -0.4 is 22.0 Å². The largest absolute Gasteiger partial charge is 0.475 e. The van der Waals surface area contributed by atoms with Gasteiger partial charge in [0, 0.05) is 24.0 Å². The molecule has 6 rings (SSSR count). The molecule has 342 valence electrons. The fourth-order valence-corrected chi connectivity index (χ4v) is 7.85. The SMILES string of the molecule is C=CCOP(=O)(OCCC#N)O[C@H]1C[C@H](n2cc(F)c(NC(=O)c3ccccc3)nc2=O)O[C@@H]1COC(OCCC#N)[C@H]1O[C@@H](n2cc(F)c(NC(=O)c3ccccc3)nc2=O)C[C@@H]1O. The van der Waals surface area contributed by atoms with Crippen molar-refractivity contribution < 1.29 is 60.6 Å². The lowest BCUT2D eigenvalue weighted by atomic mass is 10.1. The average molecular weight is 923 g/mol. The van der Waals surface area contributed by atoms with Crippen LogP contribution >= 0.6 is 7.82 Å². The maximum Gasteiger partial charge on any atom is 0.475 e. The van der Waals surface area contributed by atoms with Crippen LogP contribution in [0.25, 0.3) is 0 Å². The van der Waals surface area contributed by atoms with E-state index in [4.69, 9.17) is 37.8 Å². The van der Waals surface area contributed by atoms with Crippen LogP contribution in [0.1, 0.15) is 58.9 Å². The molecule has 2 aliphatic heterocycles. The fraction of sp³-hybridized carbons (Fsp3) is 0.366. The summed E-state index contributed by atoms with van der Waals surface area (Å²) in [6, 6.07) is 19.3. The van der Waals surface area contributed by atoms with Crippen LogP contribution in [0.15, 0.2) is 95.3 Å². The van der Waals surface area contributed by atoms with Gasteiger partial charge in [0.15, 0.2) is 29.6 Å². The quantitative estimate of drug-likeness (QED) is 0.0459. The van der Waals surface area contributed by atoms with E-state index in [2.05, 4.69) is 27.2 Å². The Balaban J connectivity index is 1.22. The fourth-order valence-electron chi connectivity index (χ4n) is 6.50. The lowest BCUT2D eigenvalue weighted by molar-refractivity contribution is -0.232. The summed E-state index contributed by atoms with van der Waals surface area (Å²) in [5.41, 5.74) is -1.77. The number of aliphatic hydroxyl groups excluding tert-OH is 1. The van der Waals surface area contributed by atoms with Gasteiger partial charge >= 0.3 is 19.2 Å². The van der Waals surface area contributed by atoms with Gasteiger partial charge in [-0.05, 0) is 24.3 Å². The molecule has 0 aliphatic carbocycles. The summed E-state index contributed by atoms with van der Waals surface area (Å²) in [6.07, 6.45) is -8.11. The molecule has 0 spiro atoms. The number of aliphatic hydroxyl groups is 1. The minimum absolute atomic E-state index is 0.155. The molecule has 2 saturated heterocycles. The number of carbonyl (C=O) groups is 2. The van der Waals surface area contributed by atoms with Gasteiger partial charge in [-0.2, -0.15) is 20.5 Å². The third kappa shape index (κ3) is 12.5. The van der Waals surface area contributed by atoms with Crippen molar-refractivity contribution in [2.24, 2.45) is 0 Å². The molecular formula is C41H41F2N8O13P. The van der Waals surface area contributed by atoms with Gasteiger partial charge in [0.05, 0.1) is 69.9 Å². The van der Waals surface area contributed by atoms with Crippen molar-refractivity contribution in [1.82, 2.24) is 19.1 Å². The van der Waals surface area contributed by atoms with E-state index in [-0.39, 0.29) is 56.6 Å². The van der Waals surface area contributed by atoms with Crippen molar-refractivity contribution in [3.63, 3.8) is 0 Å². The first-order valence-corrected chi connectivity index (χ1v) is 21.2. The topological polar surface area (TPSA) is 277 Å². The normalized spacial score (nSPS) is 21.7. The van der Waals surface area contributed by atoms with Crippen molar-refractivity contribution in [1.29, 1.82) is 10.5 Å². The average Bonchev–Trinajstić information content (AvgIpc) is 3.89. The molecule has 0 radical (unpaired) electrons. The maximum atomic E-state index is 15.5. The second-order valence-corrected chi connectivity index (χ2v) is 15.6. The summed E-state index contributed by atoms with van der Waals surface area (Å²) >= 11 is 0. The Kier molecular flexibility index (Phi) is 16.6. The molecule has 2 aromatic heterocycles. The van der Waals surface area contributed by atoms with Crippen LogP contribution in [0.5, 0.6) is 0 Å². The molecule has 8 atom stereocenters. The van der Waals surface area contributed by atoms with Crippen LogP contribution in [-0.4, -0.2) is 93.2 Å². The zero-order chi connectivity index (χ0) is 46.5. The first kappa shape index (κ1) is 48.1. The Hall–Kier alpha value is -6.37. The molecule has 0 saturated carbocycles. The molecule has 2 aromatic carbocycles. The number of nitrogens with one attached hydrogen (secondary N) is 2. The number of ether oxygens (including phenoxy) is 4. The van der Waals surface area contributed by atoms with E-state index in [0.29, 0.717) is 0 Å². The van der Waals surface area contributed by atoms with Crippen molar-refractivity contribution in [3.05, 3.63) is 129 Å². The Morgan fingerprint density at radius 3 is 1.94 bits per heavy atom. The number of hydrogen-bond donors (Lipinski definition) is 3. The zero-order valence-corrected chi connectivity index (χ0v) is 35.0. The number of halogens is 2. The number of nitrogens with zero attached hydrogens (tertiary/aromatic N) is 6. The van der Waals surface area contributed by atoms with Crippen molar-refractivity contribution >= 4 is 31.3 Å². The van der Waals surface area contributed by atoms with E-state index in [0.717, 1.165) is 21.5 Å². The van der Waals surface area contributed by atoms with Crippen molar-refractivity contribution in [3.8, 4) is 12.1 Å². The van der Waals surface area contributed by atoms with Crippen LogP contribution in [0.4, 0.5) is 20.4 Å². The number of anilines is 2. The molecule has 65 heavy (non-hydrogen) atoms. The summed E-state index contributed by atoms with van der Waals surface area (Å²) in [4.78, 5) is 59.1. The molecule has 2 amide bonds. The van der Waals surface area contributed by atoms with Gasteiger partial charge in [-0.1, -0.05) is 42.5 Å². The molecule has 21 nitrogen and oxygen atoms in total. The Bertz CT molecular complexity index is 2580.